The molecule has 0 aromatic rings. The fourth-order valence-electron chi connectivity index (χ4n) is 3.00. The van der Waals surface area contributed by atoms with Crippen molar-refractivity contribution in [1.82, 2.24) is 0 Å². The smallest absolute Gasteiger partial charge is 0.144 e. The van der Waals surface area contributed by atoms with Crippen LogP contribution in [0, 0.1) is 5.92 Å². The Kier molecular flexibility index (Phi) is 13.3. The summed E-state index contributed by atoms with van der Waals surface area (Å²) in [6, 6.07) is 0. The molecule has 1 N–H and O–H groups in total. The molecule has 0 saturated heterocycles. The number of aliphatic hydroxyl groups is 1. The van der Waals surface area contributed by atoms with Gasteiger partial charge in [-0.2, -0.15) is 0 Å². The zero-order valence-corrected chi connectivity index (χ0v) is 17.2. The first-order valence-corrected chi connectivity index (χ1v) is 10.1. The van der Waals surface area contributed by atoms with E-state index in [1.165, 1.54) is 38.5 Å². The molecule has 0 aromatic carbocycles. The number of allylic oxidation sites excluding steroid dienone is 2. The van der Waals surface area contributed by atoms with E-state index in [1.807, 2.05) is 21.1 Å². The van der Waals surface area contributed by atoms with Crippen LogP contribution in [0.3, 0.4) is 0 Å². The second-order valence-electron chi connectivity index (χ2n) is 8.22. The predicted molar refractivity (Wildman–Crippen MR) is 103 cm³/mol. The van der Waals surface area contributed by atoms with Gasteiger partial charge in [-0.25, -0.2) is 0 Å². The van der Waals surface area contributed by atoms with E-state index in [9.17, 15) is 19.8 Å². The van der Waals surface area contributed by atoms with Crippen molar-refractivity contribution in [2.75, 3.05) is 27.7 Å². The lowest BCUT2D eigenvalue weighted by Crippen LogP contribution is -2.51. The fraction of sp³-hybridized carbons (Fsp3) is 0.810. The van der Waals surface area contributed by atoms with Gasteiger partial charge in [-0.15, -0.1) is 0 Å². The van der Waals surface area contributed by atoms with Crippen LogP contribution in [0.25, 0.3) is 0 Å². The predicted octanol–water partition coefficient (Wildman–Crippen LogP) is 2.47. The van der Waals surface area contributed by atoms with Crippen LogP contribution in [0.2, 0.25) is 0 Å². The molecule has 5 heteroatoms. The van der Waals surface area contributed by atoms with E-state index in [4.69, 9.17) is 0 Å². The molecule has 0 spiro atoms. The number of likely N-dealkylation sites (N-methyl/N-ethyl adjacent to an activating group) is 1. The maximum absolute atomic E-state index is 12.2. The number of unbranched alkanes of at least 4 members (excludes halogenated alkanes) is 7. The van der Waals surface area contributed by atoms with Gasteiger partial charge in [0.1, 0.15) is 18.4 Å². The summed E-state index contributed by atoms with van der Waals surface area (Å²) < 4.78 is 0.388. The number of carbonyl (C=O) groups is 2. The topological polar surface area (TPSA) is 77.4 Å². The van der Waals surface area contributed by atoms with Gasteiger partial charge >= 0.3 is 0 Å². The molecule has 0 amide bonds. The first kappa shape index (κ1) is 24.8. The summed E-state index contributed by atoms with van der Waals surface area (Å²) in [5.41, 5.74) is 0. The number of rotatable bonds is 16. The maximum atomic E-state index is 12.2. The average molecular weight is 370 g/mol. The molecule has 0 aliphatic heterocycles. The molecule has 0 fully saturated rings. The van der Waals surface area contributed by atoms with Gasteiger partial charge in [0, 0.05) is 6.42 Å². The van der Waals surface area contributed by atoms with Crippen molar-refractivity contribution in [1.29, 1.82) is 0 Å². The van der Waals surface area contributed by atoms with Crippen LogP contribution in [0.1, 0.15) is 71.1 Å². The van der Waals surface area contributed by atoms with Gasteiger partial charge in [0.15, 0.2) is 0 Å². The third-order valence-corrected chi connectivity index (χ3v) is 4.41. The first-order valence-electron chi connectivity index (χ1n) is 10.1. The Morgan fingerprint density at radius 1 is 0.962 bits per heavy atom. The Hall–Kier alpha value is -1.20. The molecule has 0 radical (unpaired) electrons. The van der Waals surface area contributed by atoms with E-state index in [0.717, 1.165) is 12.8 Å². The monoisotopic (exact) mass is 369 g/mol. The van der Waals surface area contributed by atoms with Gasteiger partial charge in [-0.05, 0) is 25.7 Å². The zero-order valence-electron chi connectivity index (χ0n) is 17.2. The van der Waals surface area contributed by atoms with Crippen LogP contribution in [-0.2, 0) is 9.59 Å². The molecule has 0 saturated carbocycles. The Labute approximate surface area is 159 Å². The molecular weight excluding hydrogens is 330 g/mol. The quantitative estimate of drug-likeness (QED) is 0.196. The van der Waals surface area contributed by atoms with Gasteiger partial charge in [0.2, 0.25) is 0 Å². The lowest BCUT2D eigenvalue weighted by molar-refractivity contribution is -0.873. The number of nitrogens with zero attached hydrogens (tertiary/aromatic N) is 1. The van der Waals surface area contributed by atoms with Crippen LogP contribution < -0.4 is 5.11 Å². The summed E-state index contributed by atoms with van der Waals surface area (Å²) in [6.45, 7) is 2.41. The van der Waals surface area contributed by atoms with Crippen molar-refractivity contribution in [2.45, 2.75) is 77.2 Å². The molecule has 0 bridgehead atoms. The number of hydrogen-bond donors (Lipinski definition) is 1. The molecule has 26 heavy (non-hydrogen) atoms. The number of quaternary nitrogens is 1. The van der Waals surface area contributed by atoms with E-state index in [2.05, 4.69) is 19.1 Å². The highest BCUT2D eigenvalue weighted by atomic mass is 16.4. The molecule has 0 rings (SSSR count). The number of aliphatic carboxylic acids is 1. The van der Waals surface area contributed by atoms with Gasteiger partial charge < -0.3 is 19.5 Å². The summed E-state index contributed by atoms with van der Waals surface area (Å²) >= 11 is 0. The number of Topliss-reactive ketones (excluding diaryl/α,β-unsaturated/α-hetero) is 1. The highest BCUT2D eigenvalue weighted by Crippen LogP contribution is 2.13. The zero-order chi connectivity index (χ0) is 20.0. The van der Waals surface area contributed by atoms with Crippen molar-refractivity contribution in [3.05, 3.63) is 12.2 Å². The van der Waals surface area contributed by atoms with Gasteiger partial charge in [0.05, 0.1) is 33.0 Å². The van der Waals surface area contributed by atoms with Crippen LogP contribution in [0.4, 0.5) is 0 Å². The molecule has 5 nitrogen and oxygen atoms in total. The van der Waals surface area contributed by atoms with Gasteiger partial charge in [-0.1, -0.05) is 51.2 Å². The highest BCUT2D eigenvalue weighted by molar-refractivity contribution is 5.98. The summed E-state index contributed by atoms with van der Waals surface area (Å²) in [5, 5.41) is 21.3. The summed E-state index contributed by atoms with van der Waals surface area (Å²) in [6.07, 6.45) is 13.3. The lowest BCUT2D eigenvalue weighted by Gasteiger charge is -2.30. The number of aliphatic hydroxyl groups excluding tert-OH is 1. The van der Waals surface area contributed by atoms with E-state index < -0.39 is 23.8 Å². The molecular formula is C21H39NO4. The second-order valence-corrected chi connectivity index (χ2v) is 8.22. The highest BCUT2D eigenvalue weighted by Gasteiger charge is 2.31. The van der Waals surface area contributed by atoms with Crippen LogP contribution >= 0.6 is 0 Å². The van der Waals surface area contributed by atoms with E-state index in [-0.39, 0.29) is 13.0 Å². The maximum Gasteiger partial charge on any atom is 0.144 e. The summed E-state index contributed by atoms with van der Waals surface area (Å²) in [5.74, 6) is -3.34. The van der Waals surface area contributed by atoms with Crippen molar-refractivity contribution < 1.29 is 24.3 Å². The molecule has 0 aliphatic rings. The van der Waals surface area contributed by atoms with Crippen LogP contribution in [0.5, 0.6) is 0 Å². The van der Waals surface area contributed by atoms with Crippen molar-refractivity contribution in [3.8, 4) is 0 Å². The number of carboxylic acid groups (broad SMARTS) is 1. The largest absolute Gasteiger partial charge is 0.549 e. The standard InChI is InChI=1S/C21H39NO4/c1-5-6-7-8-9-10-11-12-13-14-15-16-18(23)20(21(25)26)19(24)17-22(2,3)4/h12-13,19-20,24H,5-11,14-17H2,1-4H3/b13-12-. The second kappa shape index (κ2) is 13.9. The van der Waals surface area contributed by atoms with Crippen molar-refractivity contribution in [2.24, 2.45) is 5.92 Å². The minimum Gasteiger partial charge on any atom is -0.549 e. The van der Waals surface area contributed by atoms with E-state index in [0.29, 0.717) is 10.9 Å². The lowest BCUT2D eigenvalue weighted by atomic mass is 9.93. The Bertz CT molecular complexity index is 426. The number of carboxylic acids is 1. The van der Waals surface area contributed by atoms with E-state index in [1.54, 1.807) is 0 Å². The Morgan fingerprint density at radius 2 is 1.50 bits per heavy atom. The number of ketones is 1. The fourth-order valence-corrected chi connectivity index (χ4v) is 3.00. The minimum atomic E-state index is -1.48. The molecule has 0 aliphatic carbocycles. The van der Waals surface area contributed by atoms with Gasteiger partial charge in [0.25, 0.3) is 0 Å². The molecule has 152 valence electrons. The minimum absolute atomic E-state index is 0.161. The van der Waals surface area contributed by atoms with Crippen molar-refractivity contribution in [3.63, 3.8) is 0 Å². The first-order chi connectivity index (χ1) is 12.2. The van der Waals surface area contributed by atoms with Crippen LogP contribution in [-0.4, -0.2) is 55.1 Å². The summed E-state index contributed by atoms with van der Waals surface area (Å²) in [4.78, 5) is 23.4. The molecule has 2 atom stereocenters. The average Bonchev–Trinajstić information content (AvgIpc) is 2.50. The van der Waals surface area contributed by atoms with Crippen LogP contribution in [0.15, 0.2) is 12.2 Å². The third-order valence-electron chi connectivity index (χ3n) is 4.41. The Morgan fingerprint density at radius 3 is 2.04 bits per heavy atom. The third kappa shape index (κ3) is 13.1. The van der Waals surface area contributed by atoms with Crippen molar-refractivity contribution >= 4 is 11.8 Å². The molecule has 0 heterocycles. The molecule has 2 unspecified atom stereocenters. The summed E-state index contributed by atoms with van der Waals surface area (Å²) in [7, 11) is 5.53. The normalized spacial score (nSPS) is 14.5. The van der Waals surface area contributed by atoms with Gasteiger partial charge in [-0.3, -0.25) is 4.79 Å². The number of hydrogen-bond acceptors (Lipinski definition) is 4. The Balaban J connectivity index is 4.03. The number of carbonyl (C=O) groups excluding carboxylic acids is 2. The SMILES string of the molecule is CCCCCCCC/C=C\CCCC(=O)C(C(=O)[O-])C(O)C[N+](C)(C)C. The molecule has 0 aromatic heterocycles. The van der Waals surface area contributed by atoms with E-state index >= 15 is 0 Å².